The molecular weight excluding hydrogens is 193 g/mol. The van der Waals surface area contributed by atoms with Crippen molar-refractivity contribution in [2.75, 3.05) is 7.11 Å². The molecule has 0 aliphatic rings. The number of alkyl halides is 3. The standard InChI is InChI=1S/C10H11F3O/c1-7-3-4-8(6-14-2)5-9(7)10(11,12)13/h3-5H,6H2,1-2H3. The topological polar surface area (TPSA) is 9.23 Å². The van der Waals surface area contributed by atoms with Crippen molar-refractivity contribution in [1.82, 2.24) is 0 Å². The van der Waals surface area contributed by atoms with Crippen molar-refractivity contribution in [3.8, 4) is 0 Å². The second kappa shape index (κ2) is 4.00. The highest BCUT2D eigenvalue weighted by Crippen LogP contribution is 2.32. The number of rotatable bonds is 2. The molecular formula is C10H11F3O. The second-order valence-electron chi connectivity index (χ2n) is 3.08. The number of benzene rings is 1. The molecule has 0 aromatic heterocycles. The zero-order chi connectivity index (χ0) is 10.8. The van der Waals surface area contributed by atoms with Gasteiger partial charge >= 0.3 is 6.18 Å². The van der Waals surface area contributed by atoms with E-state index >= 15 is 0 Å². The van der Waals surface area contributed by atoms with Gasteiger partial charge in [0, 0.05) is 7.11 Å². The highest BCUT2D eigenvalue weighted by molar-refractivity contribution is 5.32. The van der Waals surface area contributed by atoms with Crippen molar-refractivity contribution in [3.63, 3.8) is 0 Å². The van der Waals surface area contributed by atoms with E-state index < -0.39 is 11.7 Å². The van der Waals surface area contributed by atoms with E-state index in [4.69, 9.17) is 4.74 Å². The fraction of sp³-hybridized carbons (Fsp3) is 0.400. The molecule has 78 valence electrons. The van der Waals surface area contributed by atoms with Crippen molar-refractivity contribution in [1.29, 1.82) is 0 Å². The Morgan fingerprint density at radius 1 is 1.29 bits per heavy atom. The van der Waals surface area contributed by atoms with Crippen molar-refractivity contribution >= 4 is 0 Å². The first-order valence-corrected chi connectivity index (χ1v) is 4.11. The van der Waals surface area contributed by atoms with Gasteiger partial charge < -0.3 is 4.74 Å². The van der Waals surface area contributed by atoms with Gasteiger partial charge in [-0.15, -0.1) is 0 Å². The first-order valence-electron chi connectivity index (χ1n) is 4.11. The minimum atomic E-state index is -4.28. The highest BCUT2D eigenvalue weighted by atomic mass is 19.4. The van der Waals surface area contributed by atoms with Crippen LogP contribution in [0.2, 0.25) is 0 Å². The Kier molecular flexibility index (Phi) is 3.16. The van der Waals surface area contributed by atoms with E-state index in [1.54, 1.807) is 6.07 Å². The lowest BCUT2D eigenvalue weighted by molar-refractivity contribution is -0.138. The molecule has 0 aliphatic carbocycles. The zero-order valence-electron chi connectivity index (χ0n) is 7.98. The molecule has 4 heteroatoms. The lowest BCUT2D eigenvalue weighted by Crippen LogP contribution is -2.08. The van der Waals surface area contributed by atoms with Crippen LogP contribution in [0.3, 0.4) is 0 Å². The Labute approximate surface area is 80.5 Å². The lowest BCUT2D eigenvalue weighted by atomic mass is 10.1. The molecule has 0 N–H and O–H groups in total. The van der Waals surface area contributed by atoms with Crippen LogP contribution in [-0.2, 0) is 17.5 Å². The first kappa shape index (κ1) is 11.0. The normalized spacial score (nSPS) is 11.8. The maximum atomic E-state index is 12.4. The van der Waals surface area contributed by atoms with Crippen molar-refractivity contribution in [3.05, 3.63) is 34.9 Å². The number of hydrogen-bond donors (Lipinski definition) is 0. The van der Waals surface area contributed by atoms with Crippen LogP contribution in [0.15, 0.2) is 18.2 Å². The molecule has 0 amide bonds. The van der Waals surface area contributed by atoms with E-state index in [0.29, 0.717) is 5.56 Å². The molecule has 1 nitrogen and oxygen atoms in total. The first-order chi connectivity index (χ1) is 6.45. The maximum Gasteiger partial charge on any atom is 0.416 e. The van der Waals surface area contributed by atoms with Crippen LogP contribution in [0.5, 0.6) is 0 Å². The van der Waals surface area contributed by atoms with E-state index in [1.165, 1.54) is 20.1 Å². The van der Waals surface area contributed by atoms with Gasteiger partial charge in [0.25, 0.3) is 0 Å². The van der Waals surface area contributed by atoms with Gasteiger partial charge in [-0.2, -0.15) is 13.2 Å². The van der Waals surface area contributed by atoms with Crippen molar-refractivity contribution < 1.29 is 17.9 Å². The number of ether oxygens (including phenoxy) is 1. The third-order valence-electron chi connectivity index (χ3n) is 1.92. The highest BCUT2D eigenvalue weighted by Gasteiger charge is 2.32. The Hall–Kier alpha value is -1.03. The molecule has 0 aliphatic heterocycles. The molecule has 0 spiro atoms. The summed E-state index contributed by atoms with van der Waals surface area (Å²) in [6, 6.07) is 4.21. The van der Waals surface area contributed by atoms with Crippen LogP contribution in [0.1, 0.15) is 16.7 Å². The van der Waals surface area contributed by atoms with Crippen molar-refractivity contribution in [2.45, 2.75) is 19.7 Å². The Balaban J connectivity index is 3.09. The molecule has 1 aromatic rings. The van der Waals surface area contributed by atoms with Gasteiger partial charge in [-0.3, -0.25) is 0 Å². The molecule has 0 fully saturated rings. The monoisotopic (exact) mass is 204 g/mol. The van der Waals surface area contributed by atoms with Gasteiger partial charge in [0.15, 0.2) is 0 Å². The summed E-state index contributed by atoms with van der Waals surface area (Å²) in [4.78, 5) is 0. The fourth-order valence-electron chi connectivity index (χ4n) is 1.23. The van der Waals surface area contributed by atoms with Crippen LogP contribution < -0.4 is 0 Å². The number of aryl methyl sites for hydroxylation is 1. The molecule has 0 unspecified atom stereocenters. The third-order valence-corrected chi connectivity index (χ3v) is 1.92. The summed E-state index contributed by atoms with van der Waals surface area (Å²) in [5, 5.41) is 0. The average Bonchev–Trinajstić information content (AvgIpc) is 2.07. The zero-order valence-corrected chi connectivity index (χ0v) is 7.98. The fourth-order valence-corrected chi connectivity index (χ4v) is 1.23. The minimum absolute atomic E-state index is 0.198. The largest absolute Gasteiger partial charge is 0.416 e. The van der Waals surface area contributed by atoms with Crippen LogP contribution in [0, 0.1) is 6.92 Å². The molecule has 14 heavy (non-hydrogen) atoms. The van der Waals surface area contributed by atoms with Gasteiger partial charge in [0.2, 0.25) is 0 Å². The summed E-state index contributed by atoms with van der Waals surface area (Å²) in [7, 11) is 1.45. The predicted octanol–water partition coefficient (Wildman–Crippen LogP) is 3.16. The average molecular weight is 204 g/mol. The van der Waals surface area contributed by atoms with Gasteiger partial charge in [-0.05, 0) is 24.1 Å². The molecule has 0 atom stereocenters. The Morgan fingerprint density at radius 2 is 1.93 bits per heavy atom. The number of hydrogen-bond acceptors (Lipinski definition) is 1. The quantitative estimate of drug-likeness (QED) is 0.719. The predicted molar refractivity (Wildman–Crippen MR) is 46.9 cm³/mol. The molecule has 1 aromatic carbocycles. The number of halogens is 3. The molecule has 0 radical (unpaired) electrons. The van der Waals surface area contributed by atoms with E-state index in [-0.39, 0.29) is 12.2 Å². The molecule has 0 saturated carbocycles. The molecule has 1 rings (SSSR count). The van der Waals surface area contributed by atoms with Gasteiger partial charge in [0.05, 0.1) is 12.2 Å². The third kappa shape index (κ3) is 2.48. The van der Waals surface area contributed by atoms with Gasteiger partial charge in [0.1, 0.15) is 0 Å². The van der Waals surface area contributed by atoms with Gasteiger partial charge in [-0.1, -0.05) is 12.1 Å². The summed E-state index contributed by atoms with van der Waals surface area (Å²) in [6.45, 7) is 1.64. The van der Waals surface area contributed by atoms with E-state index in [2.05, 4.69) is 0 Å². The Bertz CT molecular complexity index is 318. The van der Waals surface area contributed by atoms with Crippen LogP contribution in [-0.4, -0.2) is 7.11 Å². The maximum absolute atomic E-state index is 12.4. The smallest absolute Gasteiger partial charge is 0.380 e. The van der Waals surface area contributed by atoms with Crippen LogP contribution >= 0.6 is 0 Å². The second-order valence-corrected chi connectivity index (χ2v) is 3.08. The summed E-state index contributed by atoms with van der Waals surface area (Å²) >= 11 is 0. The van der Waals surface area contributed by atoms with E-state index in [0.717, 1.165) is 6.07 Å². The summed E-state index contributed by atoms with van der Waals surface area (Å²) in [5.41, 5.74) is 0.176. The van der Waals surface area contributed by atoms with Crippen LogP contribution in [0.4, 0.5) is 13.2 Å². The minimum Gasteiger partial charge on any atom is -0.380 e. The molecule has 0 heterocycles. The summed E-state index contributed by atoms with van der Waals surface area (Å²) in [6.07, 6.45) is -4.28. The summed E-state index contributed by atoms with van der Waals surface area (Å²) in [5.74, 6) is 0. The SMILES string of the molecule is COCc1ccc(C)c(C(F)(F)F)c1. The Morgan fingerprint density at radius 3 is 2.43 bits per heavy atom. The van der Waals surface area contributed by atoms with E-state index in [9.17, 15) is 13.2 Å². The van der Waals surface area contributed by atoms with Crippen LogP contribution in [0.25, 0.3) is 0 Å². The van der Waals surface area contributed by atoms with Crippen molar-refractivity contribution in [2.24, 2.45) is 0 Å². The van der Waals surface area contributed by atoms with E-state index in [1.807, 2.05) is 0 Å². The lowest BCUT2D eigenvalue weighted by Gasteiger charge is -2.11. The molecule has 0 saturated heterocycles. The van der Waals surface area contributed by atoms with Gasteiger partial charge in [-0.25, -0.2) is 0 Å². The molecule has 0 bridgehead atoms. The number of methoxy groups -OCH3 is 1. The summed E-state index contributed by atoms with van der Waals surface area (Å²) < 4.78 is 42.1.